The van der Waals surface area contributed by atoms with Crippen LogP contribution >= 0.6 is 0 Å². The van der Waals surface area contributed by atoms with Gasteiger partial charge in [0.15, 0.2) is 0 Å². The Morgan fingerprint density at radius 1 is 1.31 bits per heavy atom. The van der Waals surface area contributed by atoms with Gasteiger partial charge in [-0.1, -0.05) is 27.7 Å². The van der Waals surface area contributed by atoms with Gasteiger partial charge in [0.2, 0.25) is 5.91 Å². The van der Waals surface area contributed by atoms with Crippen LogP contribution in [0.15, 0.2) is 0 Å². The molecule has 0 aliphatic carbocycles. The Balaban J connectivity index is 2.69. The molecule has 0 aromatic carbocycles. The average Bonchev–Trinajstić information content (AvgIpc) is 2.30. The van der Waals surface area contributed by atoms with E-state index in [2.05, 4.69) is 13.8 Å². The summed E-state index contributed by atoms with van der Waals surface area (Å²) < 4.78 is 0. The van der Waals surface area contributed by atoms with Crippen molar-refractivity contribution >= 4 is 5.91 Å². The second kappa shape index (κ2) is 3.32. The van der Waals surface area contributed by atoms with Gasteiger partial charge in [-0.25, -0.2) is 0 Å². The van der Waals surface area contributed by atoms with E-state index in [1.54, 1.807) is 0 Å². The number of carbonyl (C=O) groups is 1. The van der Waals surface area contributed by atoms with Gasteiger partial charge in [0, 0.05) is 18.0 Å². The van der Waals surface area contributed by atoms with E-state index >= 15 is 0 Å². The molecule has 1 rings (SSSR count). The average molecular weight is 183 g/mol. The highest BCUT2D eigenvalue weighted by Crippen LogP contribution is 2.28. The van der Waals surface area contributed by atoms with Crippen LogP contribution in [0, 0.1) is 11.3 Å². The van der Waals surface area contributed by atoms with Crippen LogP contribution in [0.2, 0.25) is 0 Å². The van der Waals surface area contributed by atoms with E-state index in [1.807, 2.05) is 25.7 Å². The lowest BCUT2D eigenvalue weighted by Gasteiger charge is -2.30. The van der Waals surface area contributed by atoms with Crippen LogP contribution < -0.4 is 0 Å². The summed E-state index contributed by atoms with van der Waals surface area (Å²) in [5.74, 6) is 0.954. The molecule has 0 radical (unpaired) electrons. The van der Waals surface area contributed by atoms with Gasteiger partial charge < -0.3 is 4.90 Å². The highest BCUT2D eigenvalue weighted by molar-refractivity contribution is 5.82. The van der Waals surface area contributed by atoms with Crippen LogP contribution in [0.25, 0.3) is 0 Å². The first kappa shape index (κ1) is 10.6. The summed E-state index contributed by atoms with van der Waals surface area (Å²) in [4.78, 5) is 14.0. The van der Waals surface area contributed by atoms with Crippen molar-refractivity contribution in [1.29, 1.82) is 0 Å². The maximum absolute atomic E-state index is 11.9. The molecule has 2 nitrogen and oxygen atoms in total. The molecular weight excluding hydrogens is 162 g/mol. The zero-order chi connectivity index (χ0) is 10.2. The Morgan fingerprint density at radius 2 is 1.85 bits per heavy atom. The van der Waals surface area contributed by atoms with Crippen molar-refractivity contribution in [2.24, 2.45) is 11.3 Å². The molecule has 2 atom stereocenters. The molecule has 0 N–H and O–H groups in total. The minimum absolute atomic E-state index is 0.224. The van der Waals surface area contributed by atoms with Crippen molar-refractivity contribution in [3.05, 3.63) is 0 Å². The fraction of sp³-hybridized carbons (Fsp3) is 0.909. The second-order valence-corrected chi connectivity index (χ2v) is 5.26. The molecular formula is C11H21NO. The van der Waals surface area contributed by atoms with Crippen LogP contribution in [-0.2, 0) is 4.79 Å². The van der Waals surface area contributed by atoms with E-state index < -0.39 is 0 Å². The van der Waals surface area contributed by atoms with Crippen molar-refractivity contribution in [3.63, 3.8) is 0 Å². The van der Waals surface area contributed by atoms with E-state index in [1.165, 1.54) is 0 Å². The summed E-state index contributed by atoms with van der Waals surface area (Å²) in [6, 6.07) is 0.423. The van der Waals surface area contributed by atoms with Crippen molar-refractivity contribution in [2.45, 2.75) is 47.1 Å². The molecule has 1 aliphatic heterocycles. The summed E-state index contributed by atoms with van der Waals surface area (Å²) in [6.45, 7) is 11.3. The number of amides is 1. The first-order chi connectivity index (χ1) is 5.84. The lowest BCUT2D eigenvalue weighted by Crippen LogP contribution is -2.42. The fourth-order valence-corrected chi connectivity index (χ4v) is 1.81. The van der Waals surface area contributed by atoms with Crippen LogP contribution in [0.3, 0.4) is 0 Å². The standard InChI is InChI=1S/C11H21NO/c1-8-6-7-12(9(8)2)10(13)11(3,4)5/h8-9H,6-7H2,1-5H3. The maximum atomic E-state index is 11.9. The molecule has 76 valence electrons. The summed E-state index contributed by atoms with van der Waals surface area (Å²) in [5.41, 5.74) is -0.224. The third-order valence-electron chi connectivity index (χ3n) is 3.04. The number of nitrogens with zero attached hydrogens (tertiary/aromatic N) is 1. The molecule has 0 saturated carbocycles. The van der Waals surface area contributed by atoms with E-state index in [0.29, 0.717) is 17.9 Å². The second-order valence-electron chi connectivity index (χ2n) is 5.26. The molecule has 0 aromatic heterocycles. The van der Waals surface area contributed by atoms with Gasteiger partial charge in [-0.05, 0) is 19.3 Å². The van der Waals surface area contributed by atoms with Crippen molar-refractivity contribution < 1.29 is 4.79 Å². The fourth-order valence-electron chi connectivity index (χ4n) is 1.81. The lowest BCUT2D eigenvalue weighted by molar-refractivity contribution is -0.140. The molecule has 1 amide bonds. The van der Waals surface area contributed by atoms with Crippen molar-refractivity contribution in [2.75, 3.05) is 6.54 Å². The minimum Gasteiger partial charge on any atom is -0.339 e. The molecule has 13 heavy (non-hydrogen) atoms. The summed E-state index contributed by atoms with van der Waals surface area (Å²) >= 11 is 0. The number of rotatable bonds is 0. The van der Waals surface area contributed by atoms with E-state index in [0.717, 1.165) is 13.0 Å². The monoisotopic (exact) mass is 183 g/mol. The Hall–Kier alpha value is -0.530. The van der Waals surface area contributed by atoms with Crippen LogP contribution in [0.4, 0.5) is 0 Å². The highest BCUT2D eigenvalue weighted by atomic mass is 16.2. The van der Waals surface area contributed by atoms with Gasteiger partial charge in [-0.15, -0.1) is 0 Å². The predicted octanol–water partition coefficient (Wildman–Crippen LogP) is 2.29. The third-order valence-corrected chi connectivity index (χ3v) is 3.04. The van der Waals surface area contributed by atoms with Gasteiger partial charge in [-0.2, -0.15) is 0 Å². The van der Waals surface area contributed by atoms with Crippen molar-refractivity contribution in [3.8, 4) is 0 Å². The van der Waals surface area contributed by atoms with E-state index in [-0.39, 0.29) is 5.41 Å². The van der Waals surface area contributed by atoms with Crippen LogP contribution in [0.1, 0.15) is 41.0 Å². The number of hydrogen-bond acceptors (Lipinski definition) is 1. The summed E-state index contributed by atoms with van der Waals surface area (Å²) in [5, 5.41) is 0. The zero-order valence-electron chi connectivity index (χ0n) is 9.42. The smallest absolute Gasteiger partial charge is 0.228 e. The Bertz CT molecular complexity index is 205. The van der Waals surface area contributed by atoms with Crippen LogP contribution in [-0.4, -0.2) is 23.4 Å². The Kier molecular flexibility index (Phi) is 2.69. The molecule has 0 spiro atoms. The highest BCUT2D eigenvalue weighted by Gasteiger charge is 2.35. The van der Waals surface area contributed by atoms with Gasteiger partial charge >= 0.3 is 0 Å². The number of carbonyl (C=O) groups excluding carboxylic acids is 1. The lowest BCUT2D eigenvalue weighted by atomic mass is 9.94. The first-order valence-electron chi connectivity index (χ1n) is 5.15. The predicted molar refractivity (Wildman–Crippen MR) is 54.4 cm³/mol. The molecule has 1 fully saturated rings. The topological polar surface area (TPSA) is 20.3 Å². The minimum atomic E-state index is -0.224. The molecule has 2 unspecified atom stereocenters. The molecule has 1 aliphatic rings. The molecule has 1 saturated heterocycles. The quantitative estimate of drug-likeness (QED) is 0.564. The molecule has 2 heteroatoms. The molecule has 0 bridgehead atoms. The van der Waals surface area contributed by atoms with Gasteiger partial charge in [0.05, 0.1) is 0 Å². The van der Waals surface area contributed by atoms with Crippen LogP contribution in [0.5, 0.6) is 0 Å². The SMILES string of the molecule is CC1CCN(C(=O)C(C)(C)C)C1C. The summed E-state index contributed by atoms with van der Waals surface area (Å²) in [6.07, 6.45) is 1.16. The first-order valence-corrected chi connectivity index (χ1v) is 5.15. The maximum Gasteiger partial charge on any atom is 0.228 e. The van der Waals surface area contributed by atoms with E-state index in [9.17, 15) is 4.79 Å². The van der Waals surface area contributed by atoms with Crippen molar-refractivity contribution in [1.82, 2.24) is 4.90 Å². The number of hydrogen-bond donors (Lipinski definition) is 0. The third kappa shape index (κ3) is 2.04. The zero-order valence-corrected chi connectivity index (χ0v) is 9.42. The van der Waals surface area contributed by atoms with Gasteiger partial charge in [0.25, 0.3) is 0 Å². The van der Waals surface area contributed by atoms with Gasteiger partial charge in [0.1, 0.15) is 0 Å². The largest absolute Gasteiger partial charge is 0.339 e. The number of likely N-dealkylation sites (tertiary alicyclic amines) is 1. The Labute approximate surface area is 81.3 Å². The Morgan fingerprint density at radius 3 is 2.15 bits per heavy atom. The van der Waals surface area contributed by atoms with Gasteiger partial charge in [-0.3, -0.25) is 4.79 Å². The van der Waals surface area contributed by atoms with E-state index in [4.69, 9.17) is 0 Å². The molecule has 0 aromatic rings. The molecule has 1 heterocycles. The normalized spacial score (nSPS) is 29.5. The summed E-state index contributed by atoms with van der Waals surface area (Å²) in [7, 11) is 0.